The number of nitrogens with one attached hydrogen (secondary N) is 1. The average molecular weight is 242 g/mol. The maximum atomic E-state index is 10.2. The number of nitriles is 1. The van der Waals surface area contributed by atoms with Gasteiger partial charge in [-0.3, -0.25) is 5.32 Å². The molecule has 0 aliphatic rings. The third kappa shape index (κ3) is 2.42. The van der Waals surface area contributed by atoms with E-state index in [1.54, 1.807) is 0 Å². The highest BCUT2D eigenvalue weighted by atomic mass is 79.9. The fourth-order valence-electron chi connectivity index (χ4n) is 0.702. The molecule has 1 aromatic rings. The molecule has 1 aromatic heterocycles. The summed E-state index contributed by atoms with van der Waals surface area (Å²) >= 11 is 3.10. The summed E-state index contributed by atoms with van der Waals surface area (Å²) in [5, 5.41) is 19.0. The van der Waals surface area contributed by atoms with Crippen LogP contribution in [0.3, 0.4) is 0 Å². The van der Waals surface area contributed by atoms with E-state index in [1.807, 2.05) is 11.4 Å². The smallest absolute Gasteiger partial charge is 0.410 e. The molecular weight excluding hydrogens is 238 g/mol. The van der Waals surface area contributed by atoms with Gasteiger partial charge in [-0.05, 0) is 22.0 Å². The first-order valence-corrected chi connectivity index (χ1v) is 3.98. The van der Waals surface area contributed by atoms with E-state index < -0.39 is 6.09 Å². The van der Waals surface area contributed by atoms with E-state index in [2.05, 4.69) is 20.9 Å². The fourth-order valence-corrected chi connectivity index (χ4v) is 1.01. The number of pyridine rings is 1. The maximum absolute atomic E-state index is 10.2. The molecule has 0 saturated heterocycles. The van der Waals surface area contributed by atoms with E-state index in [1.165, 1.54) is 12.3 Å². The van der Waals surface area contributed by atoms with Crippen LogP contribution in [0.4, 0.5) is 10.6 Å². The largest absolute Gasteiger partial charge is 0.465 e. The second kappa shape index (κ2) is 3.87. The van der Waals surface area contributed by atoms with Crippen LogP contribution in [0.5, 0.6) is 0 Å². The summed E-state index contributed by atoms with van der Waals surface area (Å²) < 4.78 is 0.533. The first kappa shape index (κ1) is 9.48. The molecule has 0 saturated carbocycles. The lowest BCUT2D eigenvalue weighted by molar-refractivity contribution is 0.209. The topological polar surface area (TPSA) is 86.0 Å². The van der Waals surface area contributed by atoms with Crippen molar-refractivity contribution in [1.29, 1.82) is 5.26 Å². The zero-order valence-electron chi connectivity index (χ0n) is 6.28. The number of carbonyl (C=O) groups is 1. The zero-order chi connectivity index (χ0) is 9.84. The van der Waals surface area contributed by atoms with Crippen molar-refractivity contribution in [3.8, 4) is 6.07 Å². The Morgan fingerprint density at radius 3 is 3.00 bits per heavy atom. The maximum Gasteiger partial charge on any atom is 0.410 e. The predicted molar refractivity (Wildman–Crippen MR) is 48.3 cm³/mol. The van der Waals surface area contributed by atoms with Gasteiger partial charge in [0.15, 0.2) is 0 Å². The Kier molecular flexibility index (Phi) is 2.82. The quantitative estimate of drug-likeness (QED) is 0.786. The highest BCUT2D eigenvalue weighted by Crippen LogP contribution is 2.17. The van der Waals surface area contributed by atoms with Gasteiger partial charge in [0.25, 0.3) is 0 Å². The number of hydrogen-bond donors (Lipinski definition) is 2. The van der Waals surface area contributed by atoms with Crippen molar-refractivity contribution < 1.29 is 9.90 Å². The Balaban J connectivity index is 3.01. The molecule has 13 heavy (non-hydrogen) atoms. The van der Waals surface area contributed by atoms with Gasteiger partial charge < -0.3 is 5.11 Å². The fraction of sp³-hybridized carbons (Fsp3) is 0. The summed E-state index contributed by atoms with van der Waals surface area (Å²) in [4.78, 5) is 13.9. The molecule has 0 spiro atoms. The van der Waals surface area contributed by atoms with Gasteiger partial charge >= 0.3 is 6.09 Å². The molecule has 0 bridgehead atoms. The predicted octanol–water partition coefficient (Wildman–Crippen LogP) is 1.81. The van der Waals surface area contributed by atoms with Gasteiger partial charge in [-0.1, -0.05) is 0 Å². The van der Waals surface area contributed by atoms with E-state index in [9.17, 15) is 4.79 Å². The van der Waals surface area contributed by atoms with Gasteiger partial charge in [0.1, 0.15) is 11.9 Å². The summed E-state index contributed by atoms with van der Waals surface area (Å²) in [7, 11) is 0. The van der Waals surface area contributed by atoms with Crippen molar-refractivity contribution in [3.63, 3.8) is 0 Å². The molecule has 6 heteroatoms. The van der Waals surface area contributed by atoms with Crippen LogP contribution in [-0.2, 0) is 0 Å². The van der Waals surface area contributed by atoms with E-state index in [0.717, 1.165) is 0 Å². The molecule has 66 valence electrons. The van der Waals surface area contributed by atoms with E-state index >= 15 is 0 Å². The molecular formula is C7H4BrN3O2. The molecule has 1 heterocycles. The third-order valence-electron chi connectivity index (χ3n) is 1.21. The van der Waals surface area contributed by atoms with Crippen molar-refractivity contribution >= 4 is 27.8 Å². The highest BCUT2D eigenvalue weighted by molar-refractivity contribution is 9.10. The monoisotopic (exact) mass is 241 g/mol. The number of hydrogen-bond acceptors (Lipinski definition) is 3. The first-order chi connectivity index (χ1) is 6.13. The zero-order valence-corrected chi connectivity index (χ0v) is 7.87. The summed E-state index contributed by atoms with van der Waals surface area (Å²) in [6, 6.07) is 3.23. The summed E-state index contributed by atoms with van der Waals surface area (Å²) in [6.07, 6.45) is 0.155. The minimum absolute atomic E-state index is 0.132. The number of aromatic nitrogens is 1. The van der Waals surface area contributed by atoms with E-state index in [-0.39, 0.29) is 5.82 Å². The molecule has 0 aliphatic heterocycles. The van der Waals surface area contributed by atoms with Crippen molar-refractivity contribution in [3.05, 3.63) is 22.3 Å². The second-order valence-electron chi connectivity index (χ2n) is 2.09. The molecule has 0 radical (unpaired) electrons. The average Bonchev–Trinajstić information content (AvgIpc) is 2.07. The van der Waals surface area contributed by atoms with Crippen LogP contribution in [0.2, 0.25) is 0 Å². The van der Waals surface area contributed by atoms with Gasteiger partial charge in [0.2, 0.25) is 0 Å². The molecule has 5 nitrogen and oxygen atoms in total. The van der Waals surface area contributed by atoms with Gasteiger partial charge in [-0.2, -0.15) is 5.26 Å². The Morgan fingerprint density at radius 2 is 2.46 bits per heavy atom. The number of amides is 1. The molecule has 2 N–H and O–H groups in total. The van der Waals surface area contributed by atoms with Gasteiger partial charge in [0, 0.05) is 6.20 Å². The Hall–Kier alpha value is -1.61. The molecule has 1 rings (SSSR count). The van der Waals surface area contributed by atoms with Crippen molar-refractivity contribution in [2.24, 2.45) is 0 Å². The van der Waals surface area contributed by atoms with Crippen LogP contribution in [0.15, 0.2) is 16.7 Å². The number of rotatable bonds is 1. The molecule has 0 aromatic carbocycles. The minimum Gasteiger partial charge on any atom is -0.465 e. The van der Waals surface area contributed by atoms with Crippen LogP contribution in [0.1, 0.15) is 5.56 Å². The van der Waals surface area contributed by atoms with Gasteiger partial charge in [-0.15, -0.1) is 0 Å². The summed E-state index contributed by atoms with van der Waals surface area (Å²) in [5.41, 5.74) is 0.332. The van der Waals surface area contributed by atoms with Crippen LogP contribution in [-0.4, -0.2) is 16.2 Å². The SMILES string of the molecule is N#Cc1cc(NC(=O)O)ncc1Br. The Bertz CT molecular complexity index is 386. The molecule has 0 fully saturated rings. The van der Waals surface area contributed by atoms with Gasteiger partial charge in [0.05, 0.1) is 10.0 Å². The Morgan fingerprint density at radius 1 is 1.77 bits per heavy atom. The van der Waals surface area contributed by atoms with E-state index in [4.69, 9.17) is 10.4 Å². The highest BCUT2D eigenvalue weighted by Gasteiger charge is 2.03. The number of nitrogens with zero attached hydrogens (tertiary/aromatic N) is 2. The summed E-state index contributed by atoms with van der Waals surface area (Å²) in [6.45, 7) is 0. The lowest BCUT2D eigenvalue weighted by atomic mass is 10.3. The molecule has 1 amide bonds. The van der Waals surface area contributed by atoms with Crippen LogP contribution in [0, 0.1) is 11.3 Å². The lowest BCUT2D eigenvalue weighted by Crippen LogP contribution is -2.08. The standard InChI is InChI=1S/C7H4BrN3O2/c8-5-3-10-6(11-7(12)13)1-4(5)2-9/h1,3H,(H,10,11)(H,12,13). The van der Waals surface area contributed by atoms with Crippen molar-refractivity contribution in [2.75, 3.05) is 5.32 Å². The minimum atomic E-state index is -1.21. The summed E-state index contributed by atoms with van der Waals surface area (Å²) in [5.74, 6) is 0.132. The van der Waals surface area contributed by atoms with E-state index in [0.29, 0.717) is 10.0 Å². The van der Waals surface area contributed by atoms with Crippen LogP contribution >= 0.6 is 15.9 Å². The second-order valence-corrected chi connectivity index (χ2v) is 2.95. The third-order valence-corrected chi connectivity index (χ3v) is 1.84. The molecule has 0 atom stereocenters. The van der Waals surface area contributed by atoms with Crippen LogP contribution in [0.25, 0.3) is 0 Å². The van der Waals surface area contributed by atoms with Crippen LogP contribution < -0.4 is 5.32 Å². The Labute approximate surface area is 82.1 Å². The van der Waals surface area contributed by atoms with Crippen molar-refractivity contribution in [1.82, 2.24) is 4.98 Å². The normalized spacial score (nSPS) is 8.92. The number of anilines is 1. The lowest BCUT2D eigenvalue weighted by Gasteiger charge is -2.00. The van der Waals surface area contributed by atoms with Crippen molar-refractivity contribution in [2.45, 2.75) is 0 Å². The molecule has 0 unspecified atom stereocenters. The first-order valence-electron chi connectivity index (χ1n) is 3.19. The number of carboxylic acid groups (broad SMARTS) is 1. The van der Waals surface area contributed by atoms with Gasteiger partial charge in [-0.25, -0.2) is 9.78 Å². The number of halogens is 1. The molecule has 0 aliphatic carbocycles.